The van der Waals surface area contributed by atoms with E-state index in [2.05, 4.69) is 16.4 Å². The van der Waals surface area contributed by atoms with E-state index >= 15 is 0 Å². The van der Waals surface area contributed by atoms with E-state index in [0.29, 0.717) is 25.1 Å². The van der Waals surface area contributed by atoms with Crippen molar-refractivity contribution in [1.29, 1.82) is 0 Å². The third kappa shape index (κ3) is 7.04. The van der Waals surface area contributed by atoms with Gasteiger partial charge in [0.25, 0.3) is 0 Å². The number of rotatable bonds is 4. The van der Waals surface area contributed by atoms with Crippen LogP contribution >= 0.6 is 0 Å². The second-order valence-corrected chi connectivity index (χ2v) is 10.9. The highest BCUT2D eigenvalue weighted by molar-refractivity contribution is 5.69. The maximum Gasteiger partial charge on any atom is 0.411 e. The summed E-state index contributed by atoms with van der Waals surface area (Å²) in [7, 11) is 0. The molecular formula is C31H35F2N3O3. The van der Waals surface area contributed by atoms with Crippen LogP contribution in [0.15, 0.2) is 36.4 Å². The highest BCUT2D eigenvalue weighted by Gasteiger charge is 2.30. The first kappa shape index (κ1) is 28.3. The summed E-state index contributed by atoms with van der Waals surface area (Å²) in [5.74, 6) is 4.86. The molecule has 0 N–H and O–H groups in total. The third-order valence-electron chi connectivity index (χ3n) is 6.40. The van der Waals surface area contributed by atoms with Crippen molar-refractivity contribution in [3.05, 3.63) is 81.8 Å². The Hall–Kier alpha value is -3.70. The predicted molar refractivity (Wildman–Crippen MR) is 146 cm³/mol. The zero-order valence-corrected chi connectivity index (χ0v) is 23.4. The lowest BCUT2D eigenvalue weighted by atomic mass is 10.0. The summed E-state index contributed by atoms with van der Waals surface area (Å²) in [6.45, 7) is 12.4. The number of carbonyl (C=O) groups excluding carboxylic acids is 1. The highest BCUT2D eigenvalue weighted by atomic mass is 19.2. The fourth-order valence-electron chi connectivity index (χ4n) is 4.58. The smallest absolute Gasteiger partial charge is 0.411 e. The van der Waals surface area contributed by atoms with Crippen LogP contribution in [0, 0.1) is 44.2 Å². The standard InChI is InChI=1S/C31H35F2N3O3/c1-20-15-25(34-28(16-20)36-21(2)7-8-22(36)3)11-10-24-17-23(18-27(32)29(24)33)9-12-26-19-38-14-13-35(26)30(37)39-31(4,5)6/h7-8,15-18,26H,10-11,13-14,19H2,1-6H3/t26-/m0/s1. The van der Waals surface area contributed by atoms with Gasteiger partial charge in [-0.05, 0) is 102 Å². The average molecular weight is 536 g/mol. The minimum absolute atomic E-state index is 0.213. The number of hydrogen-bond acceptors (Lipinski definition) is 4. The highest BCUT2D eigenvalue weighted by Crippen LogP contribution is 2.20. The Kier molecular flexibility index (Phi) is 8.41. The van der Waals surface area contributed by atoms with Crippen LogP contribution in [0.3, 0.4) is 0 Å². The van der Waals surface area contributed by atoms with E-state index in [4.69, 9.17) is 14.5 Å². The number of ether oxygens (including phenoxy) is 2. The molecule has 0 spiro atoms. The van der Waals surface area contributed by atoms with Gasteiger partial charge in [-0.25, -0.2) is 18.6 Å². The number of benzene rings is 1. The number of carbonyl (C=O) groups is 1. The molecule has 39 heavy (non-hydrogen) atoms. The molecular weight excluding hydrogens is 500 g/mol. The average Bonchev–Trinajstić information content (AvgIpc) is 3.20. The summed E-state index contributed by atoms with van der Waals surface area (Å²) in [6.07, 6.45) is 0.213. The fourth-order valence-corrected chi connectivity index (χ4v) is 4.58. The third-order valence-corrected chi connectivity index (χ3v) is 6.40. The Morgan fingerprint density at radius 1 is 1.10 bits per heavy atom. The molecule has 3 heterocycles. The Bertz CT molecular complexity index is 1410. The minimum Gasteiger partial charge on any atom is -0.444 e. The van der Waals surface area contributed by atoms with Crippen LogP contribution < -0.4 is 0 Å². The molecule has 0 aliphatic carbocycles. The molecule has 1 aliphatic heterocycles. The van der Waals surface area contributed by atoms with Crippen LogP contribution in [-0.4, -0.2) is 51.9 Å². The molecule has 0 saturated carbocycles. The molecule has 206 valence electrons. The van der Waals surface area contributed by atoms with Crippen molar-refractivity contribution in [1.82, 2.24) is 14.5 Å². The number of morpholine rings is 1. The van der Waals surface area contributed by atoms with Crippen molar-refractivity contribution >= 4 is 6.09 Å². The molecule has 2 aromatic heterocycles. The van der Waals surface area contributed by atoms with Crippen LogP contribution in [0.4, 0.5) is 13.6 Å². The summed E-state index contributed by atoms with van der Waals surface area (Å²) < 4.78 is 42.4. The fraction of sp³-hybridized carbons (Fsp3) is 0.419. The topological polar surface area (TPSA) is 56.6 Å². The largest absolute Gasteiger partial charge is 0.444 e. The monoisotopic (exact) mass is 535 g/mol. The number of hydrogen-bond donors (Lipinski definition) is 0. The summed E-state index contributed by atoms with van der Waals surface area (Å²) in [5, 5.41) is 0. The van der Waals surface area contributed by atoms with Gasteiger partial charge in [0.2, 0.25) is 0 Å². The van der Waals surface area contributed by atoms with E-state index in [1.165, 1.54) is 4.90 Å². The number of aryl methyl sites for hydroxylation is 5. The summed E-state index contributed by atoms with van der Waals surface area (Å²) >= 11 is 0. The van der Waals surface area contributed by atoms with Gasteiger partial charge < -0.3 is 14.0 Å². The molecule has 1 fully saturated rings. The van der Waals surface area contributed by atoms with Crippen LogP contribution in [0.5, 0.6) is 0 Å². The first-order valence-corrected chi connectivity index (χ1v) is 13.1. The molecule has 0 unspecified atom stereocenters. The van der Waals surface area contributed by atoms with E-state index in [-0.39, 0.29) is 18.6 Å². The van der Waals surface area contributed by atoms with Gasteiger partial charge in [0.05, 0.1) is 13.2 Å². The Morgan fingerprint density at radius 3 is 2.51 bits per heavy atom. The molecule has 0 bridgehead atoms. The minimum atomic E-state index is -0.961. The van der Waals surface area contributed by atoms with Crippen molar-refractivity contribution in [2.75, 3.05) is 19.8 Å². The summed E-state index contributed by atoms with van der Waals surface area (Å²) in [6, 6.07) is 10.1. The second kappa shape index (κ2) is 11.6. The number of nitrogens with zero attached hydrogens (tertiary/aromatic N) is 3. The van der Waals surface area contributed by atoms with E-state index in [1.807, 2.05) is 45.0 Å². The van der Waals surface area contributed by atoms with Gasteiger partial charge in [-0.1, -0.05) is 11.8 Å². The SMILES string of the molecule is Cc1cc(CCc2cc(C#C[C@H]3COCCN3C(=O)OC(C)(C)C)cc(F)c2F)nc(-n2c(C)ccc2C)c1. The maximum atomic E-state index is 14.8. The van der Waals surface area contributed by atoms with Crippen LogP contribution in [0.25, 0.3) is 5.82 Å². The molecule has 1 aromatic carbocycles. The van der Waals surface area contributed by atoms with Crippen LogP contribution in [0.1, 0.15) is 54.5 Å². The Morgan fingerprint density at radius 2 is 1.82 bits per heavy atom. The molecule has 4 rings (SSSR count). The van der Waals surface area contributed by atoms with Gasteiger partial charge in [-0.3, -0.25) is 4.90 Å². The molecule has 1 saturated heterocycles. The number of amides is 1. The van der Waals surface area contributed by atoms with Crippen LogP contribution in [-0.2, 0) is 22.3 Å². The van der Waals surface area contributed by atoms with Crippen molar-refractivity contribution in [2.24, 2.45) is 0 Å². The van der Waals surface area contributed by atoms with Gasteiger partial charge in [0.1, 0.15) is 17.5 Å². The molecule has 0 radical (unpaired) electrons. The Labute approximate surface area is 228 Å². The zero-order valence-electron chi connectivity index (χ0n) is 23.4. The van der Waals surface area contributed by atoms with E-state index < -0.39 is 29.4 Å². The Balaban J connectivity index is 1.54. The molecule has 1 amide bonds. The second-order valence-electron chi connectivity index (χ2n) is 10.9. The molecule has 1 atom stereocenters. The number of aromatic nitrogens is 2. The molecule has 3 aromatic rings. The normalized spacial score (nSPS) is 15.6. The molecule has 1 aliphatic rings. The predicted octanol–water partition coefficient (Wildman–Crippen LogP) is 5.85. The quantitative estimate of drug-likeness (QED) is 0.394. The zero-order chi connectivity index (χ0) is 28.3. The summed E-state index contributed by atoms with van der Waals surface area (Å²) in [4.78, 5) is 18.9. The van der Waals surface area contributed by atoms with Crippen molar-refractivity contribution < 1.29 is 23.0 Å². The first-order chi connectivity index (χ1) is 18.4. The molecule has 6 nitrogen and oxygen atoms in total. The molecule has 8 heteroatoms. The number of halogens is 2. The lowest BCUT2D eigenvalue weighted by Crippen LogP contribution is -2.49. The maximum absolute atomic E-state index is 14.8. The van der Waals surface area contributed by atoms with Gasteiger partial charge in [0, 0.05) is 29.2 Å². The van der Waals surface area contributed by atoms with Crippen molar-refractivity contribution in [2.45, 2.75) is 66.0 Å². The lowest BCUT2D eigenvalue weighted by molar-refractivity contribution is -0.0198. The van der Waals surface area contributed by atoms with Crippen LogP contribution in [0.2, 0.25) is 0 Å². The lowest BCUT2D eigenvalue weighted by Gasteiger charge is -2.34. The number of pyridine rings is 1. The van der Waals surface area contributed by atoms with Gasteiger partial charge in [0.15, 0.2) is 11.6 Å². The van der Waals surface area contributed by atoms with E-state index in [9.17, 15) is 13.6 Å². The van der Waals surface area contributed by atoms with Gasteiger partial charge in [-0.15, -0.1) is 0 Å². The first-order valence-electron chi connectivity index (χ1n) is 13.1. The van der Waals surface area contributed by atoms with E-state index in [0.717, 1.165) is 34.5 Å². The summed E-state index contributed by atoms with van der Waals surface area (Å²) in [5.41, 5.74) is 3.89. The van der Waals surface area contributed by atoms with Crippen molar-refractivity contribution in [3.63, 3.8) is 0 Å². The van der Waals surface area contributed by atoms with Gasteiger partial charge >= 0.3 is 6.09 Å². The van der Waals surface area contributed by atoms with E-state index in [1.54, 1.807) is 26.8 Å². The van der Waals surface area contributed by atoms with Gasteiger partial charge in [-0.2, -0.15) is 0 Å². The van der Waals surface area contributed by atoms with Crippen molar-refractivity contribution in [3.8, 4) is 17.7 Å².